The molecule has 0 saturated heterocycles. The molecule has 4 nitrogen and oxygen atoms in total. The van der Waals surface area contributed by atoms with Crippen molar-refractivity contribution in [3.63, 3.8) is 0 Å². The molecule has 96 valence electrons. The second-order valence-corrected chi connectivity index (χ2v) is 4.74. The SMILES string of the molecule is Cc1cnc(C(N)c2cc3cccc(C)c3o2)nc1. The molecule has 0 aliphatic rings. The van der Waals surface area contributed by atoms with Crippen LogP contribution in [0.3, 0.4) is 0 Å². The van der Waals surface area contributed by atoms with Crippen molar-refractivity contribution in [2.24, 2.45) is 5.73 Å². The van der Waals surface area contributed by atoms with E-state index in [1.807, 2.05) is 38.1 Å². The first-order chi connectivity index (χ1) is 9.15. The van der Waals surface area contributed by atoms with Crippen LogP contribution in [0.5, 0.6) is 0 Å². The number of hydrogen-bond donors (Lipinski definition) is 1. The zero-order valence-electron chi connectivity index (χ0n) is 10.9. The summed E-state index contributed by atoms with van der Waals surface area (Å²) >= 11 is 0. The highest BCUT2D eigenvalue weighted by Gasteiger charge is 2.17. The van der Waals surface area contributed by atoms with E-state index in [2.05, 4.69) is 9.97 Å². The molecule has 1 atom stereocenters. The zero-order chi connectivity index (χ0) is 13.4. The number of fused-ring (bicyclic) bond motifs is 1. The van der Waals surface area contributed by atoms with Crippen LogP contribution in [0.25, 0.3) is 11.0 Å². The van der Waals surface area contributed by atoms with E-state index < -0.39 is 6.04 Å². The van der Waals surface area contributed by atoms with Crippen LogP contribution in [-0.2, 0) is 0 Å². The monoisotopic (exact) mass is 253 g/mol. The van der Waals surface area contributed by atoms with Crippen molar-refractivity contribution < 1.29 is 4.42 Å². The van der Waals surface area contributed by atoms with E-state index in [9.17, 15) is 0 Å². The van der Waals surface area contributed by atoms with Gasteiger partial charge in [0.15, 0.2) is 5.82 Å². The fourth-order valence-corrected chi connectivity index (χ4v) is 2.07. The Morgan fingerprint density at radius 1 is 1.16 bits per heavy atom. The fourth-order valence-electron chi connectivity index (χ4n) is 2.07. The number of rotatable bonds is 2. The first-order valence-electron chi connectivity index (χ1n) is 6.18. The van der Waals surface area contributed by atoms with Crippen LogP contribution in [0.2, 0.25) is 0 Å². The van der Waals surface area contributed by atoms with Gasteiger partial charge in [-0.2, -0.15) is 0 Å². The van der Waals surface area contributed by atoms with E-state index in [0.717, 1.165) is 22.1 Å². The van der Waals surface area contributed by atoms with Crippen LogP contribution in [0.1, 0.15) is 28.8 Å². The maximum Gasteiger partial charge on any atom is 0.152 e. The maximum absolute atomic E-state index is 6.16. The third-order valence-electron chi connectivity index (χ3n) is 3.15. The molecule has 0 aliphatic carbocycles. The van der Waals surface area contributed by atoms with Crippen LogP contribution < -0.4 is 5.73 Å². The summed E-state index contributed by atoms with van der Waals surface area (Å²) < 4.78 is 5.84. The molecule has 0 fully saturated rings. The molecule has 0 spiro atoms. The summed E-state index contributed by atoms with van der Waals surface area (Å²) in [7, 11) is 0. The van der Waals surface area contributed by atoms with E-state index in [1.54, 1.807) is 12.4 Å². The van der Waals surface area contributed by atoms with E-state index >= 15 is 0 Å². The van der Waals surface area contributed by atoms with Gasteiger partial charge in [0, 0.05) is 17.8 Å². The number of nitrogens with two attached hydrogens (primary N) is 1. The molecule has 0 bridgehead atoms. The van der Waals surface area contributed by atoms with Crippen LogP contribution in [-0.4, -0.2) is 9.97 Å². The Kier molecular flexibility index (Phi) is 2.80. The molecule has 1 aromatic carbocycles. The first kappa shape index (κ1) is 11.9. The molecular formula is C15H15N3O. The molecular weight excluding hydrogens is 238 g/mol. The van der Waals surface area contributed by atoms with Crippen molar-refractivity contribution in [1.82, 2.24) is 9.97 Å². The van der Waals surface area contributed by atoms with Gasteiger partial charge in [-0.15, -0.1) is 0 Å². The normalized spacial score (nSPS) is 12.8. The smallest absolute Gasteiger partial charge is 0.152 e. The highest BCUT2D eigenvalue weighted by Crippen LogP contribution is 2.27. The molecule has 3 aromatic rings. The molecule has 4 heteroatoms. The van der Waals surface area contributed by atoms with Crippen molar-refractivity contribution in [2.45, 2.75) is 19.9 Å². The number of furan rings is 1. The van der Waals surface area contributed by atoms with Gasteiger partial charge in [-0.3, -0.25) is 0 Å². The van der Waals surface area contributed by atoms with Gasteiger partial charge < -0.3 is 10.2 Å². The Labute approximate surface area is 111 Å². The van der Waals surface area contributed by atoms with Crippen molar-refractivity contribution in [3.8, 4) is 0 Å². The van der Waals surface area contributed by atoms with Gasteiger partial charge in [0.05, 0.1) is 0 Å². The van der Waals surface area contributed by atoms with Crippen LogP contribution in [0.4, 0.5) is 0 Å². The lowest BCUT2D eigenvalue weighted by atomic mass is 10.1. The summed E-state index contributed by atoms with van der Waals surface area (Å²) in [5.41, 5.74) is 9.15. The minimum absolute atomic E-state index is 0.438. The van der Waals surface area contributed by atoms with Crippen LogP contribution in [0, 0.1) is 13.8 Å². The summed E-state index contributed by atoms with van der Waals surface area (Å²) in [6.45, 7) is 3.96. The van der Waals surface area contributed by atoms with Gasteiger partial charge in [-0.05, 0) is 31.0 Å². The Morgan fingerprint density at radius 2 is 1.89 bits per heavy atom. The number of aromatic nitrogens is 2. The molecule has 0 amide bonds. The van der Waals surface area contributed by atoms with Gasteiger partial charge in [0.2, 0.25) is 0 Å². The van der Waals surface area contributed by atoms with Gasteiger partial charge in [0.1, 0.15) is 17.4 Å². The lowest BCUT2D eigenvalue weighted by Gasteiger charge is -2.06. The highest BCUT2D eigenvalue weighted by molar-refractivity contribution is 5.81. The van der Waals surface area contributed by atoms with Crippen molar-refractivity contribution in [1.29, 1.82) is 0 Å². The lowest BCUT2D eigenvalue weighted by Crippen LogP contribution is -2.14. The van der Waals surface area contributed by atoms with Crippen molar-refractivity contribution in [3.05, 3.63) is 59.4 Å². The second kappa shape index (κ2) is 4.48. The first-order valence-corrected chi connectivity index (χ1v) is 6.18. The van der Waals surface area contributed by atoms with Crippen molar-refractivity contribution >= 4 is 11.0 Å². The van der Waals surface area contributed by atoms with E-state index in [-0.39, 0.29) is 0 Å². The number of para-hydroxylation sites is 1. The molecule has 0 aliphatic heterocycles. The molecule has 2 N–H and O–H groups in total. The molecule has 2 aromatic heterocycles. The third kappa shape index (κ3) is 2.11. The van der Waals surface area contributed by atoms with Gasteiger partial charge in [-0.1, -0.05) is 18.2 Å². The van der Waals surface area contributed by atoms with Crippen LogP contribution >= 0.6 is 0 Å². The minimum Gasteiger partial charge on any atom is -0.459 e. The molecule has 0 saturated carbocycles. The Bertz CT molecular complexity index is 716. The molecule has 3 rings (SSSR count). The second-order valence-electron chi connectivity index (χ2n) is 4.74. The maximum atomic E-state index is 6.16. The summed E-state index contributed by atoms with van der Waals surface area (Å²) in [5, 5.41) is 1.05. The molecule has 19 heavy (non-hydrogen) atoms. The Hall–Kier alpha value is -2.20. The molecule has 1 unspecified atom stereocenters. The highest BCUT2D eigenvalue weighted by atomic mass is 16.3. The Balaban J connectivity index is 2.04. The van der Waals surface area contributed by atoms with Gasteiger partial charge in [0.25, 0.3) is 0 Å². The lowest BCUT2D eigenvalue weighted by molar-refractivity contribution is 0.513. The summed E-state index contributed by atoms with van der Waals surface area (Å²) in [6, 6.07) is 7.55. The minimum atomic E-state index is -0.438. The summed E-state index contributed by atoms with van der Waals surface area (Å²) in [6.07, 6.45) is 3.52. The average molecular weight is 253 g/mol. The predicted molar refractivity (Wildman–Crippen MR) is 73.8 cm³/mol. The topological polar surface area (TPSA) is 64.9 Å². The van der Waals surface area contributed by atoms with E-state index in [1.165, 1.54) is 0 Å². The molecule has 2 heterocycles. The number of nitrogens with zero attached hydrogens (tertiary/aromatic N) is 2. The number of hydrogen-bond acceptors (Lipinski definition) is 4. The van der Waals surface area contributed by atoms with Crippen LogP contribution in [0.15, 0.2) is 41.1 Å². The van der Waals surface area contributed by atoms with E-state index in [4.69, 9.17) is 10.2 Å². The fraction of sp³-hybridized carbons (Fsp3) is 0.200. The number of aryl methyl sites for hydroxylation is 2. The summed E-state index contributed by atoms with van der Waals surface area (Å²) in [4.78, 5) is 8.50. The quantitative estimate of drug-likeness (QED) is 0.762. The van der Waals surface area contributed by atoms with E-state index in [0.29, 0.717) is 11.6 Å². The zero-order valence-corrected chi connectivity index (χ0v) is 10.9. The number of benzene rings is 1. The average Bonchev–Trinajstić information content (AvgIpc) is 2.84. The predicted octanol–water partition coefficient (Wildman–Crippen LogP) is 2.89. The summed E-state index contributed by atoms with van der Waals surface area (Å²) in [5.74, 6) is 1.26. The van der Waals surface area contributed by atoms with Crippen molar-refractivity contribution in [2.75, 3.05) is 0 Å². The van der Waals surface area contributed by atoms with Gasteiger partial charge in [-0.25, -0.2) is 9.97 Å². The standard InChI is InChI=1S/C15H15N3O/c1-9-7-17-15(18-8-9)13(16)12-6-11-5-3-4-10(2)14(11)19-12/h3-8,13H,16H2,1-2H3. The Morgan fingerprint density at radius 3 is 2.58 bits per heavy atom. The molecule has 0 radical (unpaired) electrons. The largest absolute Gasteiger partial charge is 0.459 e. The third-order valence-corrected chi connectivity index (χ3v) is 3.15. The van der Waals surface area contributed by atoms with Gasteiger partial charge >= 0.3 is 0 Å².